The molecule has 0 unspecified atom stereocenters. The molecule has 0 atom stereocenters. The SMILES string of the molecule is C[Si](C)(C)[Si](C)(C)C(F)(F)F. The Labute approximate surface area is 67.6 Å². The molecule has 0 aromatic heterocycles. The van der Waals surface area contributed by atoms with Gasteiger partial charge in [0.15, 0.2) is 7.59 Å². The van der Waals surface area contributed by atoms with E-state index in [9.17, 15) is 13.2 Å². The van der Waals surface area contributed by atoms with E-state index in [1.54, 1.807) is 19.6 Å². The Bertz CT molecular complexity index is 127. The van der Waals surface area contributed by atoms with E-state index in [0.717, 1.165) is 0 Å². The summed E-state index contributed by atoms with van der Waals surface area (Å²) in [4.78, 5) is 0. The number of hydrogen-bond acceptors (Lipinski definition) is 0. The van der Waals surface area contributed by atoms with Crippen LogP contribution in [0.25, 0.3) is 0 Å². The molecule has 0 rings (SSSR count). The Morgan fingerprint density at radius 2 is 1.09 bits per heavy atom. The summed E-state index contributed by atoms with van der Waals surface area (Å²) in [6, 6.07) is 0. The van der Waals surface area contributed by atoms with Crippen molar-refractivity contribution in [3.05, 3.63) is 0 Å². The van der Waals surface area contributed by atoms with Gasteiger partial charge in [-0.2, -0.15) is 13.2 Å². The van der Waals surface area contributed by atoms with Gasteiger partial charge in [0, 0.05) is 7.59 Å². The lowest BCUT2D eigenvalue weighted by Gasteiger charge is -2.36. The summed E-state index contributed by atoms with van der Waals surface area (Å²) in [7, 11) is -4.97. The van der Waals surface area contributed by atoms with E-state index >= 15 is 0 Å². The Hall–Kier alpha value is 0.224. The second kappa shape index (κ2) is 2.62. The lowest BCUT2D eigenvalue weighted by atomic mass is 11.5. The first kappa shape index (κ1) is 11.2. The maximum Gasteiger partial charge on any atom is 0.358 e. The van der Waals surface area contributed by atoms with Crippen molar-refractivity contribution in [3.8, 4) is 0 Å². The molecule has 0 heterocycles. The summed E-state index contributed by atoms with van der Waals surface area (Å²) in [5.74, 6) is -3.92. The summed E-state index contributed by atoms with van der Waals surface area (Å²) in [5.41, 5.74) is 0. The fourth-order valence-electron chi connectivity index (χ4n) is 0.425. The molecule has 0 nitrogen and oxygen atoms in total. The van der Waals surface area contributed by atoms with Gasteiger partial charge in [-0.05, 0) is 0 Å². The average molecular weight is 200 g/mol. The fraction of sp³-hybridized carbons (Fsp3) is 1.00. The van der Waals surface area contributed by atoms with Crippen molar-refractivity contribution in [2.45, 2.75) is 38.5 Å². The lowest BCUT2D eigenvalue weighted by molar-refractivity contribution is -0.0531. The number of halogens is 3. The third kappa shape index (κ3) is 2.08. The van der Waals surface area contributed by atoms with Crippen LogP contribution in [0.15, 0.2) is 0 Å². The van der Waals surface area contributed by atoms with E-state index in [1.165, 1.54) is 13.1 Å². The molecule has 0 radical (unpaired) electrons. The first-order valence-electron chi connectivity index (χ1n) is 3.57. The van der Waals surface area contributed by atoms with Crippen molar-refractivity contribution in [1.29, 1.82) is 0 Å². The van der Waals surface area contributed by atoms with Crippen LogP contribution in [0, 0.1) is 0 Å². The van der Waals surface area contributed by atoms with Crippen LogP contribution in [0.4, 0.5) is 13.2 Å². The molecule has 0 saturated carbocycles. The number of rotatable bonds is 1. The Morgan fingerprint density at radius 1 is 0.818 bits per heavy atom. The molecule has 0 aliphatic rings. The van der Waals surface area contributed by atoms with Gasteiger partial charge >= 0.3 is 5.80 Å². The van der Waals surface area contributed by atoms with Crippen LogP contribution < -0.4 is 0 Å². The van der Waals surface area contributed by atoms with Gasteiger partial charge in [0.05, 0.1) is 0 Å². The molecule has 0 aromatic rings. The molecule has 0 bridgehead atoms. The normalized spacial score (nSPS) is 15.3. The van der Waals surface area contributed by atoms with Gasteiger partial charge in [0.2, 0.25) is 0 Å². The van der Waals surface area contributed by atoms with Gasteiger partial charge in [0.25, 0.3) is 0 Å². The van der Waals surface area contributed by atoms with Gasteiger partial charge in [-0.15, -0.1) is 0 Å². The van der Waals surface area contributed by atoms with E-state index in [1.807, 2.05) is 0 Å². The van der Waals surface area contributed by atoms with Crippen LogP contribution in [0.3, 0.4) is 0 Å². The summed E-state index contributed by atoms with van der Waals surface area (Å²) < 4.78 is 37.3. The molecule has 68 valence electrons. The third-order valence-electron chi connectivity index (χ3n) is 2.58. The van der Waals surface area contributed by atoms with Crippen molar-refractivity contribution in [2.24, 2.45) is 0 Å². The third-order valence-corrected chi connectivity index (χ3v) is 19.9. The highest BCUT2D eigenvalue weighted by Crippen LogP contribution is 2.35. The van der Waals surface area contributed by atoms with E-state index in [0.29, 0.717) is 0 Å². The average Bonchev–Trinajstić information content (AvgIpc) is 1.58. The highest BCUT2D eigenvalue weighted by molar-refractivity contribution is 7.41. The maximum atomic E-state index is 12.4. The number of hydrogen-bond donors (Lipinski definition) is 0. The minimum absolute atomic E-state index is 1.43. The second-order valence-corrected chi connectivity index (χ2v) is 20.9. The molecular formula is C6H15F3Si2. The van der Waals surface area contributed by atoms with Crippen molar-refractivity contribution < 1.29 is 13.2 Å². The van der Waals surface area contributed by atoms with Crippen LogP contribution in [0.5, 0.6) is 0 Å². The van der Waals surface area contributed by atoms with Crippen molar-refractivity contribution in [3.63, 3.8) is 0 Å². The van der Waals surface area contributed by atoms with Crippen LogP contribution in [0.1, 0.15) is 0 Å². The number of alkyl halides is 3. The summed E-state index contributed by atoms with van der Waals surface area (Å²) in [5, 5.41) is 0. The molecule has 0 aliphatic carbocycles. The topological polar surface area (TPSA) is 0 Å². The zero-order valence-electron chi connectivity index (χ0n) is 7.63. The molecular weight excluding hydrogens is 185 g/mol. The van der Waals surface area contributed by atoms with E-state index in [4.69, 9.17) is 0 Å². The minimum Gasteiger partial charge on any atom is -0.177 e. The Balaban J connectivity index is 4.75. The Kier molecular flexibility index (Phi) is 2.67. The van der Waals surface area contributed by atoms with Crippen molar-refractivity contribution in [1.82, 2.24) is 0 Å². The predicted molar refractivity (Wildman–Crippen MR) is 46.9 cm³/mol. The summed E-state index contributed by atoms with van der Waals surface area (Å²) in [6.45, 7) is 8.25. The van der Waals surface area contributed by atoms with Gasteiger partial charge in [-0.1, -0.05) is 32.7 Å². The molecule has 11 heavy (non-hydrogen) atoms. The van der Waals surface area contributed by atoms with E-state index < -0.39 is 21.0 Å². The van der Waals surface area contributed by atoms with Gasteiger partial charge < -0.3 is 0 Å². The summed E-state index contributed by atoms with van der Waals surface area (Å²) >= 11 is 0. The van der Waals surface area contributed by atoms with Crippen molar-refractivity contribution in [2.75, 3.05) is 0 Å². The second-order valence-electron chi connectivity index (χ2n) is 4.37. The Morgan fingerprint density at radius 3 is 1.09 bits per heavy atom. The predicted octanol–water partition coefficient (Wildman–Crippen LogP) is 3.21. The molecule has 0 saturated heterocycles. The van der Waals surface area contributed by atoms with E-state index in [-0.39, 0.29) is 0 Å². The summed E-state index contributed by atoms with van der Waals surface area (Å²) in [6.07, 6.45) is 0. The molecule has 0 amide bonds. The zero-order valence-corrected chi connectivity index (χ0v) is 9.63. The first-order chi connectivity index (χ1) is 4.50. The quantitative estimate of drug-likeness (QED) is 0.570. The lowest BCUT2D eigenvalue weighted by Crippen LogP contribution is -2.62. The van der Waals surface area contributed by atoms with E-state index in [2.05, 4.69) is 0 Å². The highest BCUT2D eigenvalue weighted by atomic mass is 29.3. The molecule has 0 spiro atoms. The van der Waals surface area contributed by atoms with Crippen LogP contribution in [-0.2, 0) is 0 Å². The monoisotopic (exact) mass is 200 g/mol. The smallest absolute Gasteiger partial charge is 0.177 e. The van der Waals surface area contributed by atoms with Gasteiger partial charge in [-0.3, -0.25) is 0 Å². The maximum absolute atomic E-state index is 12.4. The van der Waals surface area contributed by atoms with Crippen molar-refractivity contribution >= 4 is 15.2 Å². The largest absolute Gasteiger partial charge is 0.358 e. The molecule has 0 N–H and O–H groups in total. The molecule has 0 aromatic carbocycles. The van der Waals surface area contributed by atoms with Crippen LogP contribution in [0.2, 0.25) is 32.7 Å². The highest BCUT2D eigenvalue weighted by Gasteiger charge is 2.57. The van der Waals surface area contributed by atoms with Crippen LogP contribution >= 0.6 is 0 Å². The first-order valence-corrected chi connectivity index (χ1v) is 11.1. The van der Waals surface area contributed by atoms with Gasteiger partial charge in [-0.25, -0.2) is 0 Å². The standard InChI is InChI=1S/C6H15F3Si2/c1-10(2,3)11(4,5)6(7,8)9/h1-5H3. The minimum atomic E-state index is -3.92. The molecule has 0 aliphatic heterocycles. The molecule has 5 heteroatoms. The fourth-order valence-corrected chi connectivity index (χ4v) is 3.83. The zero-order chi connectivity index (χ0) is 9.50. The van der Waals surface area contributed by atoms with Gasteiger partial charge in [0.1, 0.15) is 0 Å². The molecule has 0 fully saturated rings. The van der Waals surface area contributed by atoms with Crippen LogP contribution in [-0.4, -0.2) is 21.0 Å².